The summed E-state index contributed by atoms with van der Waals surface area (Å²) in [5, 5.41) is 7.17. The molecule has 0 spiro atoms. The van der Waals surface area contributed by atoms with Gasteiger partial charge in [0.15, 0.2) is 5.82 Å². The zero-order valence-electron chi connectivity index (χ0n) is 14.1. The average Bonchev–Trinajstić information content (AvgIpc) is 2.97. The summed E-state index contributed by atoms with van der Waals surface area (Å²) in [6, 6.07) is 13.3. The lowest BCUT2D eigenvalue weighted by atomic mass is 10.2. The molecule has 0 saturated heterocycles. The molecule has 7 heteroatoms. The van der Waals surface area contributed by atoms with Gasteiger partial charge in [-0.05, 0) is 25.1 Å². The maximum absolute atomic E-state index is 13.8. The van der Waals surface area contributed by atoms with E-state index in [0.29, 0.717) is 23.5 Å². The van der Waals surface area contributed by atoms with E-state index in [4.69, 9.17) is 16.3 Å². The van der Waals surface area contributed by atoms with Gasteiger partial charge in [0.25, 0.3) is 5.91 Å². The van der Waals surface area contributed by atoms with Gasteiger partial charge >= 0.3 is 0 Å². The number of nitrogens with one attached hydrogen (secondary N) is 1. The van der Waals surface area contributed by atoms with Crippen LogP contribution in [0.3, 0.4) is 0 Å². The Balaban J connectivity index is 1.78. The number of para-hydroxylation sites is 1. The lowest BCUT2D eigenvalue weighted by molar-refractivity contribution is 0.102. The van der Waals surface area contributed by atoms with Crippen molar-refractivity contribution in [3.63, 3.8) is 0 Å². The van der Waals surface area contributed by atoms with Crippen molar-refractivity contribution >= 4 is 23.3 Å². The van der Waals surface area contributed by atoms with E-state index in [1.165, 1.54) is 16.9 Å². The van der Waals surface area contributed by atoms with Crippen LogP contribution in [0.2, 0.25) is 5.02 Å². The Morgan fingerprint density at radius 3 is 2.73 bits per heavy atom. The van der Waals surface area contributed by atoms with E-state index in [9.17, 15) is 9.18 Å². The van der Waals surface area contributed by atoms with Crippen molar-refractivity contribution in [3.8, 4) is 5.75 Å². The lowest BCUT2D eigenvalue weighted by Crippen LogP contribution is -2.14. The SMILES string of the molecule is CCOc1ccccc1C(=O)Nc1nn(Cc2ccccc2F)cc1Cl. The smallest absolute Gasteiger partial charge is 0.260 e. The highest BCUT2D eigenvalue weighted by atomic mass is 35.5. The molecule has 3 aromatic rings. The van der Waals surface area contributed by atoms with E-state index < -0.39 is 0 Å². The second-order valence-corrected chi connectivity index (χ2v) is 5.91. The van der Waals surface area contributed by atoms with Crippen molar-refractivity contribution in [1.82, 2.24) is 9.78 Å². The zero-order valence-corrected chi connectivity index (χ0v) is 14.8. The molecule has 0 bridgehead atoms. The van der Waals surface area contributed by atoms with E-state index in [1.807, 2.05) is 6.92 Å². The van der Waals surface area contributed by atoms with Gasteiger partial charge in [0.05, 0.1) is 18.7 Å². The number of carbonyl (C=O) groups excluding carboxylic acids is 1. The number of benzene rings is 2. The Morgan fingerprint density at radius 1 is 1.23 bits per heavy atom. The third kappa shape index (κ3) is 4.03. The van der Waals surface area contributed by atoms with Gasteiger partial charge < -0.3 is 10.1 Å². The minimum absolute atomic E-state index is 0.206. The molecule has 0 radical (unpaired) electrons. The molecule has 3 rings (SSSR count). The van der Waals surface area contributed by atoms with Gasteiger partial charge in [-0.3, -0.25) is 9.48 Å². The van der Waals surface area contributed by atoms with Crippen LogP contribution in [0.5, 0.6) is 5.75 Å². The largest absolute Gasteiger partial charge is 0.493 e. The number of anilines is 1. The molecule has 134 valence electrons. The fraction of sp³-hybridized carbons (Fsp3) is 0.158. The third-order valence-corrected chi connectivity index (χ3v) is 3.95. The van der Waals surface area contributed by atoms with Crippen molar-refractivity contribution < 1.29 is 13.9 Å². The molecule has 1 amide bonds. The van der Waals surface area contributed by atoms with Gasteiger partial charge in [0.2, 0.25) is 0 Å². The molecule has 26 heavy (non-hydrogen) atoms. The Labute approximate surface area is 155 Å². The lowest BCUT2D eigenvalue weighted by Gasteiger charge is -2.09. The monoisotopic (exact) mass is 373 g/mol. The first kappa shape index (κ1) is 17.9. The van der Waals surface area contributed by atoms with E-state index in [1.54, 1.807) is 42.5 Å². The summed E-state index contributed by atoms with van der Waals surface area (Å²) in [6.45, 7) is 2.50. The summed E-state index contributed by atoms with van der Waals surface area (Å²) in [4.78, 5) is 12.5. The van der Waals surface area contributed by atoms with Crippen molar-refractivity contribution in [2.75, 3.05) is 11.9 Å². The first-order valence-electron chi connectivity index (χ1n) is 8.08. The molecule has 2 aromatic carbocycles. The van der Waals surface area contributed by atoms with E-state index in [-0.39, 0.29) is 29.1 Å². The maximum Gasteiger partial charge on any atom is 0.260 e. The first-order chi connectivity index (χ1) is 12.6. The molecule has 5 nitrogen and oxygen atoms in total. The molecule has 0 aliphatic rings. The number of nitrogens with zero attached hydrogens (tertiary/aromatic N) is 2. The van der Waals surface area contributed by atoms with Crippen molar-refractivity contribution in [2.45, 2.75) is 13.5 Å². The van der Waals surface area contributed by atoms with Crippen LogP contribution in [-0.4, -0.2) is 22.3 Å². The van der Waals surface area contributed by atoms with Crippen LogP contribution >= 0.6 is 11.6 Å². The van der Waals surface area contributed by atoms with Crippen LogP contribution in [-0.2, 0) is 6.54 Å². The molecule has 0 fully saturated rings. The summed E-state index contributed by atoms with van der Waals surface area (Å²) in [7, 11) is 0. The van der Waals surface area contributed by atoms with Crippen molar-refractivity contribution in [2.24, 2.45) is 0 Å². The van der Waals surface area contributed by atoms with Gasteiger partial charge in [-0.15, -0.1) is 0 Å². The van der Waals surface area contributed by atoms with Gasteiger partial charge in [-0.2, -0.15) is 5.10 Å². The number of halogens is 2. The summed E-state index contributed by atoms with van der Waals surface area (Å²) < 4.78 is 20.7. The molecule has 0 aliphatic heterocycles. The molecule has 1 heterocycles. The highest BCUT2D eigenvalue weighted by Crippen LogP contribution is 2.24. The molecule has 0 atom stereocenters. The average molecular weight is 374 g/mol. The third-order valence-electron chi connectivity index (χ3n) is 3.67. The summed E-state index contributed by atoms with van der Waals surface area (Å²) in [6.07, 6.45) is 1.54. The topological polar surface area (TPSA) is 56.1 Å². The molecule has 1 aromatic heterocycles. The van der Waals surface area contributed by atoms with Crippen LogP contribution in [0, 0.1) is 5.82 Å². The minimum Gasteiger partial charge on any atom is -0.493 e. The molecule has 1 N–H and O–H groups in total. The van der Waals surface area contributed by atoms with E-state index in [2.05, 4.69) is 10.4 Å². The van der Waals surface area contributed by atoms with Gasteiger partial charge in [0, 0.05) is 11.8 Å². The molecule has 0 unspecified atom stereocenters. The number of aromatic nitrogens is 2. The first-order valence-corrected chi connectivity index (χ1v) is 8.45. The fourth-order valence-corrected chi connectivity index (χ4v) is 2.67. The van der Waals surface area contributed by atoms with Gasteiger partial charge in [0.1, 0.15) is 16.6 Å². The molecule has 0 aliphatic carbocycles. The molecular weight excluding hydrogens is 357 g/mol. The predicted molar refractivity (Wildman–Crippen MR) is 98.3 cm³/mol. The fourth-order valence-electron chi connectivity index (χ4n) is 2.47. The highest BCUT2D eigenvalue weighted by Gasteiger charge is 2.16. The Kier molecular flexibility index (Phi) is 5.53. The summed E-state index contributed by atoms with van der Waals surface area (Å²) in [5.41, 5.74) is 0.861. The van der Waals surface area contributed by atoms with E-state index >= 15 is 0 Å². The van der Waals surface area contributed by atoms with Crippen LogP contribution < -0.4 is 10.1 Å². The maximum atomic E-state index is 13.8. The zero-order chi connectivity index (χ0) is 18.5. The highest BCUT2D eigenvalue weighted by molar-refractivity contribution is 6.33. The van der Waals surface area contributed by atoms with Gasteiger partial charge in [-0.25, -0.2) is 4.39 Å². The van der Waals surface area contributed by atoms with Crippen molar-refractivity contribution in [3.05, 3.63) is 76.7 Å². The molecular formula is C19H17ClFN3O2. The second-order valence-electron chi connectivity index (χ2n) is 5.50. The van der Waals surface area contributed by atoms with Crippen LogP contribution in [0.25, 0.3) is 0 Å². The van der Waals surface area contributed by atoms with Crippen LogP contribution in [0.1, 0.15) is 22.8 Å². The summed E-state index contributed by atoms with van der Waals surface area (Å²) >= 11 is 6.16. The second kappa shape index (κ2) is 8.01. The normalized spacial score (nSPS) is 10.6. The van der Waals surface area contributed by atoms with Crippen LogP contribution in [0.4, 0.5) is 10.2 Å². The molecule has 0 saturated carbocycles. The van der Waals surface area contributed by atoms with Gasteiger partial charge in [-0.1, -0.05) is 41.9 Å². The number of amides is 1. The number of carbonyl (C=O) groups is 1. The van der Waals surface area contributed by atoms with Crippen LogP contribution in [0.15, 0.2) is 54.7 Å². The van der Waals surface area contributed by atoms with Crippen molar-refractivity contribution in [1.29, 1.82) is 0 Å². The number of hydrogen-bond acceptors (Lipinski definition) is 3. The number of rotatable bonds is 6. The quantitative estimate of drug-likeness (QED) is 0.697. The minimum atomic E-state index is -0.382. The predicted octanol–water partition coefficient (Wildman–Crippen LogP) is 4.37. The standard InChI is InChI=1S/C19H17ClFN3O2/c1-2-26-17-10-6-4-8-14(17)19(25)22-18-15(20)12-24(23-18)11-13-7-3-5-9-16(13)21/h3-10,12H,2,11H2,1H3,(H,22,23,25). The number of ether oxygens (including phenoxy) is 1. The summed E-state index contributed by atoms with van der Waals surface area (Å²) in [5.74, 6) is -0.0174. The number of hydrogen-bond donors (Lipinski definition) is 1. The Hall–Kier alpha value is -2.86. The Bertz CT molecular complexity index is 927. The van der Waals surface area contributed by atoms with E-state index in [0.717, 1.165) is 0 Å². The Morgan fingerprint density at radius 2 is 1.96 bits per heavy atom.